The first kappa shape index (κ1) is 17.3. The van der Waals surface area contributed by atoms with Gasteiger partial charge in [-0.1, -0.05) is 11.8 Å². The summed E-state index contributed by atoms with van der Waals surface area (Å²) in [6.07, 6.45) is 5.52. The Morgan fingerprint density at radius 2 is 1.96 bits per heavy atom. The topological polar surface area (TPSA) is 88.2 Å². The number of carbonyl (C=O) groups is 1. The fourth-order valence-electron chi connectivity index (χ4n) is 3.25. The van der Waals surface area contributed by atoms with Crippen LogP contribution in [0.4, 0.5) is 11.8 Å². The summed E-state index contributed by atoms with van der Waals surface area (Å²) in [5.41, 5.74) is 8.26. The molecule has 0 spiro atoms. The first-order valence-corrected chi connectivity index (χ1v) is 9.21. The maximum absolute atomic E-state index is 12.3. The molecular formula is C20H22N6O. The van der Waals surface area contributed by atoms with E-state index in [-0.39, 0.29) is 11.9 Å². The lowest BCUT2D eigenvalue weighted by Crippen LogP contribution is -2.49. The minimum Gasteiger partial charge on any atom is -0.368 e. The number of carbonyl (C=O) groups excluding carboxylic acids is 1. The van der Waals surface area contributed by atoms with E-state index in [1.807, 2.05) is 24.0 Å². The summed E-state index contributed by atoms with van der Waals surface area (Å²) in [4.78, 5) is 29.2. The molecule has 2 aromatic heterocycles. The Balaban J connectivity index is 1.57. The average Bonchev–Trinajstić information content (AvgIpc) is 3.52. The number of aryl methyl sites for hydroxylation is 1. The van der Waals surface area contributed by atoms with Gasteiger partial charge in [-0.15, -0.1) is 0 Å². The monoisotopic (exact) mass is 362 g/mol. The molecule has 7 nitrogen and oxygen atoms in total. The lowest BCUT2D eigenvalue weighted by Gasteiger charge is -2.36. The van der Waals surface area contributed by atoms with Gasteiger partial charge in [0.25, 0.3) is 0 Å². The lowest BCUT2D eigenvalue weighted by molar-refractivity contribution is -0.132. The second kappa shape index (κ2) is 7.23. The van der Waals surface area contributed by atoms with Crippen LogP contribution in [0.25, 0.3) is 0 Å². The van der Waals surface area contributed by atoms with Crippen molar-refractivity contribution in [3.8, 4) is 11.8 Å². The van der Waals surface area contributed by atoms with Crippen LogP contribution in [-0.2, 0) is 4.79 Å². The van der Waals surface area contributed by atoms with Gasteiger partial charge in [0.15, 0.2) is 0 Å². The second-order valence-corrected chi connectivity index (χ2v) is 6.94. The Labute approximate surface area is 158 Å². The molecule has 138 valence electrons. The molecule has 2 fully saturated rings. The van der Waals surface area contributed by atoms with Crippen LogP contribution in [0.1, 0.15) is 29.7 Å². The average molecular weight is 362 g/mol. The Morgan fingerprint density at radius 1 is 1.19 bits per heavy atom. The van der Waals surface area contributed by atoms with Crippen LogP contribution in [0, 0.1) is 24.7 Å². The summed E-state index contributed by atoms with van der Waals surface area (Å²) in [5.74, 6) is 7.86. The van der Waals surface area contributed by atoms with Gasteiger partial charge in [-0.05, 0) is 31.9 Å². The molecule has 4 rings (SSSR count). The Kier molecular flexibility index (Phi) is 4.63. The number of nitrogen functional groups attached to an aromatic ring is 1. The van der Waals surface area contributed by atoms with Crippen molar-refractivity contribution >= 4 is 17.7 Å². The van der Waals surface area contributed by atoms with Crippen molar-refractivity contribution in [2.24, 2.45) is 5.92 Å². The van der Waals surface area contributed by atoms with E-state index in [9.17, 15) is 4.79 Å². The Bertz CT molecular complexity index is 905. The highest BCUT2D eigenvalue weighted by Gasteiger charge is 2.35. The number of nitrogens with two attached hydrogens (primary N) is 1. The number of amides is 1. The van der Waals surface area contributed by atoms with Gasteiger partial charge in [-0.25, -0.2) is 4.98 Å². The molecule has 0 atom stereocenters. The predicted octanol–water partition coefficient (Wildman–Crippen LogP) is 1.22. The highest BCUT2D eigenvalue weighted by Crippen LogP contribution is 2.31. The van der Waals surface area contributed by atoms with Gasteiger partial charge >= 0.3 is 0 Å². The number of pyridine rings is 1. The number of piperazine rings is 1. The second-order valence-electron chi connectivity index (χ2n) is 6.94. The summed E-state index contributed by atoms with van der Waals surface area (Å²) in [6.45, 7) is 4.73. The van der Waals surface area contributed by atoms with Crippen LogP contribution in [0.5, 0.6) is 0 Å². The van der Waals surface area contributed by atoms with Crippen molar-refractivity contribution in [3.63, 3.8) is 0 Å². The molecule has 1 amide bonds. The van der Waals surface area contributed by atoms with Crippen LogP contribution >= 0.6 is 0 Å². The maximum atomic E-state index is 12.3. The molecule has 1 saturated heterocycles. The van der Waals surface area contributed by atoms with Gasteiger partial charge in [0.05, 0.1) is 11.3 Å². The highest BCUT2D eigenvalue weighted by molar-refractivity contribution is 5.81. The standard InChI is InChI=1S/C20H22N6O/c1-14-17(7-4-15-3-2-8-22-13-15)18(24-20(21)23-14)25-9-11-26(12-10-25)19(27)16-5-6-16/h2-3,8,13,16H,5-6,9-12H2,1H3,(H2,21,23,24). The zero-order valence-electron chi connectivity index (χ0n) is 15.4. The number of aromatic nitrogens is 3. The van der Waals surface area contributed by atoms with Crippen LogP contribution in [0.3, 0.4) is 0 Å². The lowest BCUT2D eigenvalue weighted by atomic mass is 10.1. The van der Waals surface area contributed by atoms with E-state index in [0.717, 1.165) is 48.6 Å². The SMILES string of the molecule is Cc1nc(N)nc(N2CCN(C(=O)C3CC3)CC2)c1C#Cc1cccnc1. The normalized spacial score (nSPS) is 16.6. The summed E-state index contributed by atoms with van der Waals surface area (Å²) < 4.78 is 0. The molecular weight excluding hydrogens is 340 g/mol. The van der Waals surface area contributed by atoms with Crippen molar-refractivity contribution in [3.05, 3.63) is 41.3 Å². The predicted molar refractivity (Wildman–Crippen MR) is 103 cm³/mol. The number of hydrogen-bond acceptors (Lipinski definition) is 6. The maximum Gasteiger partial charge on any atom is 0.225 e. The molecule has 7 heteroatoms. The minimum atomic E-state index is 0.242. The third kappa shape index (κ3) is 3.85. The number of nitrogens with zero attached hydrogens (tertiary/aromatic N) is 5. The molecule has 0 bridgehead atoms. The van der Waals surface area contributed by atoms with Crippen LogP contribution in [0.15, 0.2) is 24.5 Å². The van der Waals surface area contributed by atoms with Crippen molar-refractivity contribution in [1.82, 2.24) is 19.9 Å². The van der Waals surface area contributed by atoms with Gasteiger partial charge < -0.3 is 15.5 Å². The summed E-state index contributed by atoms with van der Waals surface area (Å²) in [5, 5.41) is 0. The molecule has 2 N–H and O–H groups in total. The van der Waals surface area contributed by atoms with E-state index in [2.05, 4.69) is 31.7 Å². The number of rotatable bonds is 2. The summed E-state index contributed by atoms with van der Waals surface area (Å²) in [6, 6.07) is 3.77. The van der Waals surface area contributed by atoms with Gasteiger partial charge in [-0.3, -0.25) is 9.78 Å². The third-order valence-corrected chi connectivity index (χ3v) is 4.90. The molecule has 1 saturated carbocycles. The third-order valence-electron chi connectivity index (χ3n) is 4.90. The van der Waals surface area contributed by atoms with E-state index >= 15 is 0 Å². The quantitative estimate of drug-likeness (QED) is 0.808. The molecule has 0 aromatic carbocycles. The van der Waals surface area contributed by atoms with Crippen molar-refractivity contribution < 1.29 is 4.79 Å². The minimum absolute atomic E-state index is 0.242. The summed E-state index contributed by atoms with van der Waals surface area (Å²) >= 11 is 0. The largest absolute Gasteiger partial charge is 0.368 e. The zero-order valence-corrected chi connectivity index (χ0v) is 15.4. The molecule has 0 unspecified atom stereocenters. The fourth-order valence-corrected chi connectivity index (χ4v) is 3.25. The van der Waals surface area contributed by atoms with E-state index in [1.165, 1.54) is 0 Å². The highest BCUT2D eigenvalue weighted by atomic mass is 16.2. The van der Waals surface area contributed by atoms with Crippen molar-refractivity contribution in [2.75, 3.05) is 36.8 Å². The molecule has 3 heterocycles. The van der Waals surface area contributed by atoms with Gasteiger partial charge in [-0.2, -0.15) is 4.98 Å². The zero-order chi connectivity index (χ0) is 18.8. The Hall–Kier alpha value is -3.14. The molecule has 2 aliphatic rings. The molecule has 1 aliphatic heterocycles. The van der Waals surface area contributed by atoms with Crippen LogP contribution < -0.4 is 10.6 Å². The van der Waals surface area contributed by atoms with E-state index in [4.69, 9.17) is 5.73 Å². The number of hydrogen-bond donors (Lipinski definition) is 1. The molecule has 27 heavy (non-hydrogen) atoms. The van der Waals surface area contributed by atoms with Gasteiger partial charge in [0, 0.05) is 50.1 Å². The first-order valence-electron chi connectivity index (χ1n) is 9.21. The molecule has 1 aliphatic carbocycles. The van der Waals surface area contributed by atoms with Gasteiger partial charge in [0.2, 0.25) is 11.9 Å². The Morgan fingerprint density at radius 3 is 2.63 bits per heavy atom. The smallest absolute Gasteiger partial charge is 0.225 e. The fraction of sp³-hybridized carbons (Fsp3) is 0.400. The van der Waals surface area contributed by atoms with Crippen molar-refractivity contribution in [1.29, 1.82) is 0 Å². The van der Waals surface area contributed by atoms with Crippen LogP contribution in [0.2, 0.25) is 0 Å². The summed E-state index contributed by atoms with van der Waals surface area (Å²) in [7, 11) is 0. The van der Waals surface area contributed by atoms with Crippen LogP contribution in [-0.4, -0.2) is 51.9 Å². The first-order chi connectivity index (χ1) is 13.1. The number of anilines is 2. The molecule has 2 aromatic rings. The van der Waals surface area contributed by atoms with E-state index in [0.29, 0.717) is 19.0 Å². The van der Waals surface area contributed by atoms with E-state index < -0.39 is 0 Å². The van der Waals surface area contributed by atoms with E-state index in [1.54, 1.807) is 12.4 Å². The van der Waals surface area contributed by atoms with Gasteiger partial charge in [0.1, 0.15) is 5.82 Å². The van der Waals surface area contributed by atoms with Crippen molar-refractivity contribution in [2.45, 2.75) is 19.8 Å². The molecule has 0 radical (unpaired) electrons.